The molecule has 2 aliphatic rings. The zero-order valence-corrected chi connectivity index (χ0v) is 15.6. The number of aromatic nitrogens is 3. The highest BCUT2D eigenvalue weighted by Crippen LogP contribution is 2.29. The lowest BCUT2D eigenvalue weighted by molar-refractivity contribution is 0.0834. The Bertz CT molecular complexity index is 1030. The number of rotatable bonds is 4. The highest BCUT2D eigenvalue weighted by Gasteiger charge is 2.28. The van der Waals surface area contributed by atoms with Crippen molar-refractivity contribution in [2.24, 2.45) is 0 Å². The van der Waals surface area contributed by atoms with E-state index in [1.807, 2.05) is 22.7 Å². The van der Waals surface area contributed by atoms with Crippen LogP contribution in [0.5, 0.6) is 0 Å². The maximum atomic E-state index is 13.1. The first-order valence-electron chi connectivity index (χ1n) is 9.82. The highest BCUT2D eigenvalue weighted by atomic mass is 19.1. The second-order valence-corrected chi connectivity index (χ2v) is 7.81. The zero-order chi connectivity index (χ0) is 19.1. The van der Waals surface area contributed by atoms with Crippen LogP contribution in [0.2, 0.25) is 0 Å². The Labute approximate surface area is 162 Å². The molecule has 0 bridgehead atoms. The molecule has 0 atom stereocenters. The number of ether oxygens (including phenoxy) is 1. The monoisotopic (exact) mass is 382 g/mol. The molecule has 28 heavy (non-hydrogen) atoms. The topological polar surface area (TPSA) is 62.6 Å². The van der Waals surface area contributed by atoms with E-state index in [-0.39, 0.29) is 11.4 Å². The number of hydrogen-bond acceptors (Lipinski definition) is 4. The number of nitrogens with one attached hydrogen (secondary N) is 1. The molecule has 0 spiro atoms. The van der Waals surface area contributed by atoms with Gasteiger partial charge in [0.25, 0.3) is 5.56 Å². The van der Waals surface area contributed by atoms with E-state index in [9.17, 15) is 9.18 Å². The summed E-state index contributed by atoms with van der Waals surface area (Å²) in [7, 11) is 0. The first-order valence-corrected chi connectivity index (χ1v) is 9.82. The van der Waals surface area contributed by atoms with Gasteiger partial charge in [-0.15, -0.1) is 0 Å². The van der Waals surface area contributed by atoms with E-state index in [0.717, 1.165) is 56.2 Å². The highest BCUT2D eigenvalue weighted by molar-refractivity contribution is 5.44. The van der Waals surface area contributed by atoms with Crippen LogP contribution < -0.4 is 5.56 Å². The summed E-state index contributed by atoms with van der Waals surface area (Å²) in [5.41, 5.74) is 2.55. The fourth-order valence-corrected chi connectivity index (χ4v) is 4.30. The van der Waals surface area contributed by atoms with Gasteiger partial charge in [-0.2, -0.15) is 0 Å². The smallest absolute Gasteiger partial charge is 0.274 e. The van der Waals surface area contributed by atoms with Crippen LogP contribution in [-0.4, -0.2) is 45.6 Å². The molecule has 7 heteroatoms. The van der Waals surface area contributed by atoms with E-state index in [2.05, 4.69) is 14.9 Å². The van der Waals surface area contributed by atoms with Gasteiger partial charge in [-0.05, 0) is 30.5 Å². The van der Waals surface area contributed by atoms with Gasteiger partial charge in [-0.3, -0.25) is 14.1 Å². The lowest BCUT2D eigenvalue weighted by atomic mass is 9.91. The minimum absolute atomic E-state index is 0.0982. The van der Waals surface area contributed by atoms with E-state index in [1.54, 1.807) is 6.20 Å². The van der Waals surface area contributed by atoms with E-state index in [1.165, 1.54) is 12.1 Å². The molecule has 2 fully saturated rings. The molecule has 1 N–H and O–H groups in total. The lowest BCUT2D eigenvalue weighted by Gasteiger charge is -2.39. The van der Waals surface area contributed by atoms with E-state index in [0.29, 0.717) is 23.9 Å². The van der Waals surface area contributed by atoms with Crippen LogP contribution in [0.15, 0.2) is 41.5 Å². The number of hydrogen-bond donors (Lipinski definition) is 1. The van der Waals surface area contributed by atoms with Gasteiger partial charge in [0.2, 0.25) is 0 Å². The van der Waals surface area contributed by atoms with Gasteiger partial charge < -0.3 is 9.72 Å². The van der Waals surface area contributed by atoms with Crippen molar-refractivity contribution >= 4 is 5.52 Å². The van der Waals surface area contributed by atoms with Crippen molar-refractivity contribution in [1.82, 2.24) is 19.3 Å². The summed E-state index contributed by atoms with van der Waals surface area (Å²) in [5, 5.41) is 0. The Balaban J connectivity index is 1.32. The van der Waals surface area contributed by atoms with Crippen LogP contribution in [-0.2, 0) is 11.3 Å². The van der Waals surface area contributed by atoms with Crippen LogP contribution in [0.4, 0.5) is 4.39 Å². The fraction of sp³-hybridized carbons (Fsp3) is 0.429. The van der Waals surface area contributed by atoms with Crippen LogP contribution in [0.25, 0.3) is 5.52 Å². The second kappa shape index (κ2) is 7.14. The zero-order valence-electron chi connectivity index (χ0n) is 15.6. The molecule has 0 unspecified atom stereocenters. The molecule has 0 aliphatic carbocycles. The third kappa shape index (κ3) is 3.25. The first-order chi connectivity index (χ1) is 13.7. The summed E-state index contributed by atoms with van der Waals surface area (Å²) in [4.78, 5) is 22.3. The molecular weight excluding hydrogens is 359 g/mol. The molecule has 0 saturated carbocycles. The molecule has 2 aliphatic heterocycles. The van der Waals surface area contributed by atoms with E-state index < -0.39 is 0 Å². The van der Waals surface area contributed by atoms with Crippen LogP contribution in [0.3, 0.4) is 0 Å². The average molecular weight is 382 g/mol. The standard InChI is InChI=1S/C21H23FN4O2/c22-17-3-1-14(2-4-17)16-10-25(11-16)12-18-13-26-19(21(27)24-18)9-23-20(26)15-5-7-28-8-6-15/h1-4,9,13,15-16H,5-8,10-12H2,(H,24,27). The van der Waals surface area contributed by atoms with Crippen molar-refractivity contribution in [2.75, 3.05) is 26.3 Å². The minimum atomic E-state index is -0.202. The number of aromatic amines is 1. The summed E-state index contributed by atoms with van der Waals surface area (Å²) in [6, 6.07) is 6.74. The van der Waals surface area contributed by atoms with Crippen molar-refractivity contribution in [3.63, 3.8) is 0 Å². The molecule has 146 valence electrons. The Morgan fingerprint density at radius 2 is 1.89 bits per heavy atom. The van der Waals surface area contributed by atoms with Crippen molar-refractivity contribution in [3.05, 3.63) is 69.9 Å². The van der Waals surface area contributed by atoms with Gasteiger partial charge in [0, 0.05) is 56.6 Å². The Hall–Kier alpha value is -2.51. The second-order valence-electron chi connectivity index (χ2n) is 7.81. The summed E-state index contributed by atoms with van der Waals surface area (Å²) in [6.45, 7) is 3.99. The predicted molar refractivity (Wildman–Crippen MR) is 103 cm³/mol. The van der Waals surface area contributed by atoms with Gasteiger partial charge in [0.15, 0.2) is 0 Å². The van der Waals surface area contributed by atoms with Crippen molar-refractivity contribution in [3.8, 4) is 0 Å². The third-order valence-electron chi connectivity index (χ3n) is 5.90. The molecule has 4 heterocycles. The van der Waals surface area contributed by atoms with Crippen LogP contribution >= 0.6 is 0 Å². The number of H-pyrrole nitrogens is 1. The Morgan fingerprint density at radius 3 is 2.64 bits per heavy atom. The SMILES string of the molecule is O=c1[nH]c(CN2CC(c3ccc(F)cc3)C2)cn2c(C3CCOCC3)ncc12. The quantitative estimate of drug-likeness (QED) is 0.754. The third-order valence-corrected chi connectivity index (χ3v) is 5.90. The number of likely N-dealkylation sites (tertiary alicyclic amines) is 1. The van der Waals surface area contributed by atoms with Crippen molar-refractivity contribution < 1.29 is 9.13 Å². The predicted octanol–water partition coefficient (Wildman–Crippen LogP) is 2.66. The number of benzene rings is 1. The van der Waals surface area contributed by atoms with Gasteiger partial charge in [0.1, 0.15) is 17.2 Å². The van der Waals surface area contributed by atoms with Gasteiger partial charge in [-0.1, -0.05) is 12.1 Å². The average Bonchev–Trinajstić information content (AvgIpc) is 3.11. The summed E-state index contributed by atoms with van der Waals surface area (Å²) >= 11 is 0. The number of nitrogens with zero attached hydrogens (tertiary/aromatic N) is 3. The minimum Gasteiger partial charge on any atom is -0.381 e. The molecule has 0 radical (unpaired) electrons. The van der Waals surface area contributed by atoms with Gasteiger partial charge in [0.05, 0.1) is 6.20 Å². The molecule has 0 amide bonds. The maximum absolute atomic E-state index is 13.1. The molecule has 3 aromatic rings. The van der Waals surface area contributed by atoms with E-state index >= 15 is 0 Å². The van der Waals surface area contributed by atoms with E-state index in [4.69, 9.17) is 4.74 Å². The largest absolute Gasteiger partial charge is 0.381 e. The number of halogens is 1. The molecule has 5 rings (SSSR count). The normalized spacial score (nSPS) is 19.2. The number of imidazole rings is 1. The molecule has 2 saturated heterocycles. The van der Waals surface area contributed by atoms with Gasteiger partial charge in [-0.25, -0.2) is 9.37 Å². The van der Waals surface area contributed by atoms with Crippen LogP contribution in [0.1, 0.15) is 41.8 Å². The molecular formula is C21H23FN4O2. The molecule has 6 nitrogen and oxygen atoms in total. The van der Waals surface area contributed by atoms with Crippen molar-refractivity contribution in [2.45, 2.75) is 31.2 Å². The molecule has 2 aromatic heterocycles. The fourth-order valence-electron chi connectivity index (χ4n) is 4.30. The summed E-state index contributed by atoms with van der Waals surface area (Å²) in [5.74, 6) is 1.50. The molecule has 1 aromatic carbocycles. The van der Waals surface area contributed by atoms with Gasteiger partial charge >= 0.3 is 0 Å². The van der Waals surface area contributed by atoms with Crippen molar-refractivity contribution in [1.29, 1.82) is 0 Å². The maximum Gasteiger partial charge on any atom is 0.274 e. The Morgan fingerprint density at radius 1 is 1.14 bits per heavy atom. The first kappa shape index (κ1) is 17.6. The number of fused-ring (bicyclic) bond motifs is 1. The summed E-state index contributed by atoms with van der Waals surface area (Å²) < 4.78 is 20.5. The lowest BCUT2D eigenvalue weighted by Crippen LogP contribution is -2.44. The van der Waals surface area contributed by atoms with Crippen LogP contribution in [0, 0.1) is 5.82 Å². The summed E-state index contributed by atoms with van der Waals surface area (Å²) in [6.07, 6.45) is 5.56. The Kier molecular flexibility index (Phi) is 4.49.